The van der Waals surface area contributed by atoms with Crippen LogP contribution in [0.15, 0.2) is 51.4 Å². The molecule has 1 fully saturated rings. The molecule has 1 aromatic heterocycles. The van der Waals surface area contributed by atoms with Crippen LogP contribution in [0.1, 0.15) is 5.89 Å². The van der Waals surface area contributed by atoms with Crippen LogP contribution in [0.5, 0.6) is 0 Å². The number of nitrogens with zero attached hydrogens (tertiary/aromatic N) is 3. The van der Waals surface area contributed by atoms with E-state index in [1.165, 1.54) is 6.07 Å². The molecule has 3 aromatic rings. The molecule has 2 aromatic carbocycles. The molecule has 0 spiro atoms. The van der Waals surface area contributed by atoms with Crippen LogP contribution in [-0.2, 0) is 6.54 Å². The maximum Gasteiger partial charge on any atom is 0.322 e. The zero-order valence-electron chi connectivity index (χ0n) is 14.5. The van der Waals surface area contributed by atoms with Gasteiger partial charge in [0.25, 0.3) is 0 Å². The lowest BCUT2D eigenvalue weighted by Gasteiger charge is -2.34. The first-order valence-electron chi connectivity index (χ1n) is 8.66. The molecule has 1 aliphatic rings. The molecule has 140 valence electrons. The maximum atomic E-state index is 13.9. The number of hydrogen-bond acceptors (Lipinski definition) is 4. The fraction of sp³-hybridized carbons (Fsp3) is 0.263. The summed E-state index contributed by atoms with van der Waals surface area (Å²) in [5.41, 5.74) is 1.81. The number of urea groups is 1. The fourth-order valence-corrected chi connectivity index (χ4v) is 3.41. The number of carbonyl (C=O) groups is 1. The van der Waals surface area contributed by atoms with E-state index in [0.717, 1.165) is 11.1 Å². The lowest BCUT2D eigenvalue weighted by Crippen LogP contribution is -2.49. The van der Waals surface area contributed by atoms with Crippen molar-refractivity contribution in [2.45, 2.75) is 6.54 Å². The molecule has 2 heterocycles. The summed E-state index contributed by atoms with van der Waals surface area (Å²) >= 11 is 3.20. The fourth-order valence-electron chi connectivity index (χ4n) is 3.07. The van der Waals surface area contributed by atoms with Gasteiger partial charge in [-0.05, 0) is 30.3 Å². The number of oxazole rings is 1. The number of fused-ring (bicyclic) bond motifs is 1. The number of benzene rings is 2. The number of hydrogen-bond donors (Lipinski definition) is 1. The number of carbonyl (C=O) groups excluding carboxylic acids is 1. The maximum absolute atomic E-state index is 13.9. The number of aromatic nitrogens is 1. The highest BCUT2D eigenvalue weighted by atomic mass is 79.9. The Morgan fingerprint density at radius 2 is 1.96 bits per heavy atom. The highest BCUT2D eigenvalue weighted by Gasteiger charge is 2.23. The van der Waals surface area contributed by atoms with Crippen LogP contribution in [-0.4, -0.2) is 47.0 Å². The molecular formula is C19H18BrFN4O2. The second-order valence-electron chi connectivity index (χ2n) is 6.39. The normalized spacial score (nSPS) is 15.3. The van der Waals surface area contributed by atoms with E-state index in [1.807, 2.05) is 24.3 Å². The molecule has 0 aliphatic carbocycles. The molecule has 0 atom stereocenters. The van der Waals surface area contributed by atoms with Crippen LogP contribution >= 0.6 is 15.9 Å². The molecule has 0 bridgehead atoms. The SMILES string of the molecule is O=C(Nc1ccc(Br)cc1F)N1CCN(Cc2nc3ccccc3o2)CC1. The van der Waals surface area contributed by atoms with E-state index >= 15 is 0 Å². The predicted molar refractivity (Wildman–Crippen MR) is 104 cm³/mol. The predicted octanol–water partition coefficient (Wildman–Crippen LogP) is 4.08. The quantitative estimate of drug-likeness (QED) is 0.677. The second-order valence-corrected chi connectivity index (χ2v) is 7.31. The summed E-state index contributed by atoms with van der Waals surface area (Å²) in [5, 5.41) is 2.63. The van der Waals surface area contributed by atoms with E-state index < -0.39 is 5.82 Å². The van der Waals surface area contributed by atoms with Gasteiger partial charge in [0.1, 0.15) is 11.3 Å². The summed E-state index contributed by atoms with van der Waals surface area (Å²) in [5.74, 6) is 0.207. The Bertz CT molecular complexity index is 936. The second kappa shape index (κ2) is 7.66. The van der Waals surface area contributed by atoms with Gasteiger partial charge in [-0.15, -0.1) is 0 Å². The van der Waals surface area contributed by atoms with Crippen molar-refractivity contribution in [1.82, 2.24) is 14.8 Å². The Kier molecular flexibility index (Phi) is 5.09. The van der Waals surface area contributed by atoms with E-state index in [4.69, 9.17) is 4.42 Å². The smallest absolute Gasteiger partial charge is 0.322 e. The molecule has 1 N–H and O–H groups in total. The minimum absolute atomic E-state index is 0.178. The third-order valence-electron chi connectivity index (χ3n) is 4.53. The average molecular weight is 433 g/mol. The largest absolute Gasteiger partial charge is 0.439 e. The van der Waals surface area contributed by atoms with Gasteiger partial charge in [-0.2, -0.15) is 0 Å². The van der Waals surface area contributed by atoms with Crippen LogP contribution in [0, 0.1) is 5.82 Å². The highest BCUT2D eigenvalue weighted by molar-refractivity contribution is 9.10. The zero-order chi connectivity index (χ0) is 18.8. The van der Waals surface area contributed by atoms with Gasteiger partial charge in [-0.1, -0.05) is 28.1 Å². The van der Waals surface area contributed by atoms with Gasteiger partial charge in [-0.3, -0.25) is 4.90 Å². The van der Waals surface area contributed by atoms with Crippen LogP contribution < -0.4 is 5.32 Å². The van der Waals surface area contributed by atoms with Crippen molar-refractivity contribution >= 4 is 38.7 Å². The van der Waals surface area contributed by atoms with Crippen molar-refractivity contribution in [1.29, 1.82) is 0 Å². The third kappa shape index (κ3) is 4.12. The standard InChI is InChI=1S/C19H18BrFN4O2/c20-13-5-6-15(14(21)11-13)23-19(26)25-9-7-24(8-10-25)12-18-22-16-3-1-2-4-17(16)27-18/h1-6,11H,7-10,12H2,(H,23,26). The lowest BCUT2D eigenvalue weighted by molar-refractivity contribution is 0.136. The number of para-hydroxylation sites is 2. The molecule has 0 unspecified atom stereocenters. The van der Waals surface area contributed by atoms with E-state index in [1.54, 1.807) is 17.0 Å². The Balaban J connectivity index is 1.32. The van der Waals surface area contributed by atoms with Gasteiger partial charge in [0.2, 0.25) is 5.89 Å². The first-order valence-corrected chi connectivity index (χ1v) is 9.45. The number of amides is 2. The monoisotopic (exact) mass is 432 g/mol. The Morgan fingerprint density at radius 1 is 1.19 bits per heavy atom. The Hall–Kier alpha value is -2.45. The zero-order valence-corrected chi connectivity index (χ0v) is 16.1. The number of piperazine rings is 1. The van der Waals surface area contributed by atoms with Crippen LogP contribution in [0.25, 0.3) is 11.1 Å². The van der Waals surface area contributed by atoms with Crippen LogP contribution in [0.4, 0.5) is 14.9 Å². The summed E-state index contributed by atoms with van der Waals surface area (Å²) in [6, 6.07) is 11.9. The molecular weight excluding hydrogens is 415 g/mol. The van der Waals surface area contributed by atoms with Crippen molar-refractivity contribution < 1.29 is 13.6 Å². The molecule has 0 saturated carbocycles. The molecule has 6 nitrogen and oxygen atoms in total. The van der Waals surface area contributed by atoms with Crippen LogP contribution in [0.2, 0.25) is 0 Å². The van der Waals surface area contributed by atoms with Gasteiger partial charge >= 0.3 is 6.03 Å². The summed E-state index contributed by atoms with van der Waals surface area (Å²) in [4.78, 5) is 20.7. The number of nitrogens with one attached hydrogen (secondary N) is 1. The molecule has 8 heteroatoms. The van der Waals surface area contributed by atoms with Crippen molar-refractivity contribution in [2.24, 2.45) is 0 Å². The Morgan fingerprint density at radius 3 is 2.70 bits per heavy atom. The van der Waals surface area contributed by atoms with Gasteiger partial charge in [0.15, 0.2) is 5.58 Å². The highest BCUT2D eigenvalue weighted by Crippen LogP contribution is 2.20. The van der Waals surface area contributed by atoms with E-state index in [2.05, 4.69) is 31.1 Å². The van der Waals surface area contributed by atoms with Gasteiger partial charge < -0.3 is 14.6 Å². The van der Waals surface area contributed by atoms with Crippen molar-refractivity contribution in [3.8, 4) is 0 Å². The first-order chi connectivity index (χ1) is 13.1. The van der Waals surface area contributed by atoms with Gasteiger partial charge in [0.05, 0.1) is 12.2 Å². The number of halogens is 2. The molecule has 1 aliphatic heterocycles. The van der Waals surface area contributed by atoms with E-state index in [9.17, 15) is 9.18 Å². The lowest BCUT2D eigenvalue weighted by atomic mass is 10.3. The first kappa shape index (κ1) is 17.9. The summed E-state index contributed by atoms with van der Waals surface area (Å²) in [6.07, 6.45) is 0. The molecule has 27 heavy (non-hydrogen) atoms. The molecule has 1 saturated heterocycles. The third-order valence-corrected chi connectivity index (χ3v) is 5.02. The van der Waals surface area contributed by atoms with Gasteiger partial charge in [-0.25, -0.2) is 14.2 Å². The van der Waals surface area contributed by atoms with Crippen molar-refractivity contribution in [3.05, 3.63) is 58.6 Å². The van der Waals surface area contributed by atoms with Crippen molar-refractivity contribution in [3.63, 3.8) is 0 Å². The molecule has 4 rings (SSSR count). The van der Waals surface area contributed by atoms with E-state index in [-0.39, 0.29) is 11.7 Å². The summed E-state index contributed by atoms with van der Waals surface area (Å²) in [6.45, 7) is 3.13. The molecule has 2 amide bonds. The Labute approximate surface area is 164 Å². The minimum Gasteiger partial charge on any atom is -0.439 e. The van der Waals surface area contributed by atoms with Crippen LogP contribution in [0.3, 0.4) is 0 Å². The number of anilines is 1. The van der Waals surface area contributed by atoms with Gasteiger partial charge in [0, 0.05) is 30.7 Å². The van der Waals surface area contributed by atoms with E-state index in [0.29, 0.717) is 43.1 Å². The topological polar surface area (TPSA) is 61.6 Å². The summed E-state index contributed by atoms with van der Waals surface area (Å²) < 4.78 is 20.3. The minimum atomic E-state index is -0.465. The summed E-state index contributed by atoms with van der Waals surface area (Å²) in [7, 11) is 0. The average Bonchev–Trinajstić information content (AvgIpc) is 3.07. The molecule has 0 radical (unpaired) electrons. The van der Waals surface area contributed by atoms with Crippen molar-refractivity contribution in [2.75, 3.05) is 31.5 Å². The number of rotatable bonds is 3.